The molecular weight excluding hydrogens is 514 g/mol. The first-order valence-electron chi connectivity index (χ1n) is 13.1. The summed E-state index contributed by atoms with van der Waals surface area (Å²) in [5.41, 5.74) is 3.11. The summed E-state index contributed by atoms with van der Waals surface area (Å²) in [7, 11) is 0. The van der Waals surface area contributed by atoms with E-state index in [1.54, 1.807) is 6.92 Å². The molecule has 4 aromatic rings. The number of unbranched alkanes of at least 4 members (excludes halogenated alkanes) is 3. The van der Waals surface area contributed by atoms with Gasteiger partial charge in [0.25, 0.3) is 5.78 Å². The number of hydrogen-bond donors (Lipinski definition) is 1. The van der Waals surface area contributed by atoms with Crippen molar-refractivity contribution in [3.63, 3.8) is 0 Å². The molecule has 1 amide bonds. The third kappa shape index (κ3) is 4.92. The van der Waals surface area contributed by atoms with E-state index in [4.69, 9.17) is 4.74 Å². The van der Waals surface area contributed by atoms with E-state index in [1.165, 1.54) is 22.7 Å². The van der Waals surface area contributed by atoms with Crippen LogP contribution in [0.1, 0.15) is 66.2 Å². The van der Waals surface area contributed by atoms with Crippen LogP contribution in [0.3, 0.4) is 0 Å². The maximum atomic E-state index is 13.5. The number of aryl methyl sites for hydroxylation is 3. The van der Waals surface area contributed by atoms with Crippen LogP contribution < -0.4 is 9.64 Å². The number of carbonyl (C=O) groups is 2. The number of benzene rings is 1. The molecule has 3 aromatic heterocycles. The number of carbonyl (C=O) groups excluding carboxylic acids is 2. The molecule has 39 heavy (non-hydrogen) atoms. The fourth-order valence-electron chi connectivity index (χ4n) is 4.87. The molecule has 1 aliphatic heterocycles. The number of ketones is 1. The number of hydrogen-bond acceptors (Lipinski definition) is 8. The highest BCUT2D eigenvalue weighted by Crippen LogP contribution is 2.43. The van der Waals surface area contributed by atoms with E-state index in [2.05, 4.69) is 22.1 Å². The van der Waals surface area contributed by atoms with Crippen LogP contribution in [0, 0.1) is 20.8 Å². The molecule has 0 aliphatic carbocycles. The van der Waals surface area contributed by atoms with E-state index in [9.17, 15) is 14.7 Å². The van der Waals surface area contributed by atoms with Gasteiger partial charge in [0.2, 0.25) is 5.13 Å². The number of aromatic nitrogens is 4. The number of amides is 1. The summed E-state index contributed by atoms with van der Waals surface area (Å²) in [6.45, 7) is 8.31. The molecule has 0 spiro atoms. The molecule has 0 radical (unpaired) electrons. The van der Waals surface area contributed by atoms with Crippen molar-refractivity contribution < 1.29 is 19.4 Å². The van der Waals surface area contributed by atoms with Gasteiger partial charge in [-0.05, 0) is 56.5 Å². The number of imidazole rings is 1. The van der Waals surface area contributed by atoms with Crippen LogP contribution in [0.5, 0.6) is 5.75 Å². The van der Waals surface area contributed by atoms with Gasteiger partial charge in [-0.15, -0.1) is 10.2 Å². The lowest BCUT2D eigenvalue weighted by molar-refractivity contribution is -0.132. The minimum atomic E-state index is -0.902. The van der Waals surface area contributed by atoms with Crippen LogP contribution in [0.2, 0.25) is 0 Å². The molecule has 4 heterocycles. The third-order valence-electron chi connectivity index (χ3n) is 6.94. The molecular formula is C29H31N5O4S. The van der Waals surface area contributed by atoms with Crippen molar-refractivity contribution in [1.82, 2.24) is 19.6 Å². The summed E-state index contributed by atoms with van der Waals surface area (Å²) in [5.74, 6) is -1.19. The van der Waals surface area contributed by atoms with Gasteiger partial charge < -0.3 is 14.2 Å². The van der Waals surface area contributed by atoms with Crippen LogP contribution >= 0.6 is 11.3 Å². The van der Waals surface area contributed by atoms with E-state index in [-0.39, 0.29) is 22.2 Å². The molecule has 10 heteroatoms. The van der Waals surface area contributed by atoms with E-state index in [1.807, 2.05) is 60.8 Å². The molecule has 0 bridgehead atoms. The minimum absolute atomic E-state index is 0.0368. The average Bonchev–Trinajstić information content (AvgIpc) is 3.58. The Hall–Kier alpha value is -4.05. The number of aliphatic hydroxyl groups is 1. The first-order valence-corrected chi connectivity index (χ1v) is 13.9. The Balaban J connectivity index is 1.58. The van der Waals surface area contributed by atoms with Gasteiger partial charge in [0.15, 0.2) is 5.76 Å². The number of rotatable bonds is 9. The summed E-state index contributed by atoms with van der Waals surface area (Å²) < 4.78 is 7.75. The molecule has 0 saturated carbocycles. The molecule has 1 fully saturated rings. The average molecular weight is 546 g/mol. The van der Waals surface area contributed by atoms with Crippen molar-refractivity contribution in [2.24, 2.45) is 0 Å². The first-order chi connectivity index (χ1) is 18.8. The number of aliphatic hydroxyl groups excluding tert-OH is 1. The monoisotopic (exact) mass is 545 g/mol. The summed E-state index contributed by atoms with van der Waals surface area (Å²) >= 11 is 1.21. The lowest BCUT2D eigenvalue weighted by Gasteiger charge is -2.22. The highest BCUT2D eigenvalue weighted by molar-refractivity contribution is 7.15. The third-order valence-corrected chi connectivity index (χ3v) is 7.77. The van der Waals surface area contributed by atoms with Gasteiger partial charge in [-0.1, -0.05) is 55.7 Å². The van der Waals surface area contributed by atoms with Crippen LogP contribution in [0.15, 0.2) is 48.2 Å². The van der Waals surface area contributed by atoms with E-state index < -0.39 is 17.7 Å². The first kappa shape index (κ1) is 26.6. The van der Waals surface area contributed by atoms with E-state index >= 15 is 0 Å². The molecule has 1 saturated heterocycles. The van der Waals surface area contributed by atoms with Crippen molar-refractivity contribution >= 4 is 39.6 Å². The fourth-order valence-corrected chi connectivity index (χ4v) is 5.58. The predicted octanol–water partition coefficient (Wildman–Crippen LogP) is 5.70. The Morgan fingerprint density at radius 2 is 1.82 bits per heavy atom. The smallest absolute Gasteiger partial charge is 0.301 e. The number of Topliss-reactive ketones (excluding diaryl/α,β-unsaturated/α-hetero) is 1. The zero-order valence-corrected chi connectivity index (χ0v) is 23.3. The van der Waals surface area contributed by atoms with Gasteiger partial charge >= 0.3 is 5.91 Å². The second-order valence-electron chi connectivity index (χ2n) is 9.68. The Labute approximate surface area is 230 Å². The van der Waals surface area contributed by atoms with Crippen molar-refractivity contribution in [3.05, 3.63) is 75.7 Å². The fraction of sp³-hybridized carbons (Fsp3) is 0.345. The van der Waals surface area contributed by atoms with E-state index in [0.717, 1.165) is 24.8 Å². The Morgan fingerprint density at radius 1 is 1.05 bits per heavy atom. The van der Waals surface area contributed by atoms with Crippen molar-refractivity contribution in [3.8, 4) is 5.75 Å². The lowest BCUT2D eigenvalue weighted by atomic mass is 9.96. The second kappa shape index (κ2) is 11.0. The zero-order valence-electron chi connectivity index (χ0n) is 22.5. The SMILES string of the molecule is CCCCCCOc1ccc(C2/C(=C(\O)c3nc4c(C)cccn4c3C)C(=O)C(=O)N2c2nnc(C)s2)cc1. The molecule has 1 aromatic carbocycles. The van der Waals surface area contributed by atoms with Gasteiger partial charge in [0, 0.05) is 6.20 Å². The summed E-state index contributed by atoms with van der Waals surface area (Å²) in [5, 5.41) is 20.7. The van der Waals surface area contributed by atoms with Crippen LogP contribution in [0.4, 0.5) is 5.13 Å². The van der Waals surface area contributed by atoms with Crippen LogP contribution in [-0.4, -0.2) is 43.0 Å². The summed E-state index contributed by atoms with van der Waals surface area (Å²) in [6.07, 6.45) is 6.28. The van der Waals surface area contributed by atoms with Crippen molar-refractivity contribution in [2.75, 3.05) is 11.5 Å². The molecule has 202 valence electrons. The second-order valence-corrected chi connectivity index (χ2v) is 10.8. The minimum Gasteiger partial charge on any atom is -0.505 e. The molecule has 1 unspecified atom stereocenters. The van der Waals surface area contributed by atoms with Gasteiger partial charge in [-0.25, -0.2) is 4.98 Å². The summed E-state index contributed by atoms with van der Waals surface area (Å²) in [6, 6.07) is 10.2. The molecule has 1 N–H and O–H groups in total. The number of ether oxygens (including phenoxy) is 1. The Morgan fingerprint density at radius 3 is 2.49 bits per heavy atom. The molecule has 1 aliphatic rings. The van der Waals surface area contributed by atoms with Crippen molar-refractivity contribution in [1.29, 1.82) is 0 Å². The highest BCUT2D eigenvalue weighted by atomic mass is 32.1. The van der Waals surface area contributed by atoms with Crippen LogP contribution in [0.25, 0.3) is 11.4 Å². The molecule has 5 rings (SSSR count). The van der Waals surface area contributed by atoms with Gasteiger partial charge in [0.05, 0.1) is 23.9 Å². The summed E-state index contributed by atoms with van der Waals surface area (Å²) in [4.78, 5) is 32.8. The van der Waals surface area contributed by atoms with Gasteiger partial charge in [-0.3, -0.25) is 14.5 Å². The number of pyridine rings is 1. The zero-order chi connectivity index (χ0) is 27.7. The number of anilines is 1. The maximum Gasteiger partial charge on any atom is 0.301 e. The molecule has 1 atom stereocenters. The Kier molecular flexibility index (Phi) is 7.47. The Bertz CT molecular complexity index is 1570. The van der Waals surface area contributed by atoms with E-state index in [0.29, 0.717) is 34.3 Å². The van der Waals surface area contributed by atoms with Gasteiger partial charge in [0.1, 0.15) is 22.1 Å². The maximum absolute atomic E-state index is 13.5. The van der Waals surface area contributed by atoms with Crippen LogP contribution in [-0.2, 0) is 9.59 Å². The lowest BCUT2D eigenvalue weighted by Crippen LogP contribution is -2.29. The topological polar surface area (TPSA) is 110 Å². The molecule has 9 nitrogen and oxygen atoms in total. The normalized spacial score (nSPS) is 16.9. The van der Waals surface area contributed by atoms with Crippen molar-refractivity contribution in [2.45, 2.75) is 59.4 Å². The predicted molar refractivity (Wildman–Crippen MR) is 150 cm³/mol. The van der Waals surface area contributed by atoms with Gasteiger partial charge in [-0.2, -0.15) is 0 Å². The highest BCUT2D eigenvalue weighted by Gasteiger charge is 2.48. The number of fused-ring (bicyclic) bond motifs is 1. The number of nitrogens with zero attached hydrogens (tertiary/aromatic N) is 5. The standard InChI is InChI=1S/C29H31N5O4S/c1-5-6-7-8-16-38-21-13-11-20(12-14-21)24-22(26(36)28(37)34(24)29-32-31-19(4)39-29)25(35)23-18(3)33-15-9-10-17(2)27(33)30-23/h9-15,24,35H,5-8,16H2,1-4H3/b25-22+. The quantitative estimate of drug-likeness (QED) is 0.124. The largest absolute Gasteiger partial charge is 0.505 e.